The highest BCUT2D eigenvalue weighted by Gasteiger charge is 2.48. The number of benzene rings is 2. The minimum atomic E-state index is -5.93. The van der Waals surface area contributed by atoms with Crippen LogP contribution < -0.4 is 15.1 Å². The molecule has 3 rings (SSSR count). The van der Waals surface area contributed by atoms with Crippen LogP contribution in [0.4, 0.5) is 18.0 Å². The molecule has 0 saturated carbocycles. The molecule has 3 aromatic rings. The van der Waals surface area contributed by atoms with Gasteiger partial charge in [-0.1, -0.05) is 44.2 Å². The Labute approximate surface area is 192 Å². The summed E-state index contributed by atoms with van der Waals surface area (Å²) in [4.78, 5) is 24.6. The van der Waals surface area contributed by atoms with Crippen LogP contribution in [0.3, 0.4) is 0 Å². The largest absolute Gasteiger partial charge is 0.534 e. The zero-order valence-electron chi connectivity index (χ0n) is 18.1. The number of pyridine rings is 1. The van der Waals surface area contributed by atoms with Crippen LogP contribution in [0.2, 0.25) is 0 Å². The van der Waals surface area contributed by atoms with E-state index in [9.17, 15) is 31.2 Å². The predicted octanol–water partition coefficient (Wildman–Crippen LogP) is 4.32. The second-order valence-corrected chi connectivity index (χ2v) is 9.38. The molecule has 1 aromatic heterocycles. The summed E-state index contributed by atoms with van der Waals surface area (Å²) in [7, 11) is -5.93. The number of halogens is 3. The van der Waals surface area contributed by atoms with Crippen molar-refractivity contribution >= 4 is 27.0 Å². The van der Waals surface area contributed by atoms with Gasteiger partial charge in [0, 0.05) is 17.8 Å². The number of fused-ring (bicyclic) bond motifs is 1. The molecule has 0 unspecified atom stereocenters. The Morgan fingerprint density at radius 1 is 1.12 bits per heavy atom. The molecular weight excluding hydrogens is 477 g/mol. The monoisotopic (exact) mass is 498 g/mol. The number of hydrogen-bond acceptors (Lipinski definition) is 5. The maximum absolute atomic E-state index is 13.4. The number of rotatable bonds is 7. The van der Waals surface area contributed by atoms with E-state index in [0.717, 1.165) is 12.1 Å². The van der Waals surface area contributed by atoms with Gasteiger partial charge in [-0.3, -0.25) is 4.79 Å². The first kappa shape index (κ1) is 25.1. The molecule has 8 nitrogen and oxygen atoms in total. The highest BCUT2D eigenvalue weighted by atomic mass is 32.2. The van der Waals surface area contributed by atoms with Crippen LogP contribution in [-0.4, -0.2) is 29.7 Å². The summed E-state index contributed by atoms with van der Waals surface area (Å²) in [6.07, 6.45) is -1.30. The minimum absolute atomic E-state index is 0.0487. The van der Waals surface area contributed by atoms with Crippen molar-refractivity contribution in [1.29, 1.82) is 0 Å². The second kappa shape index (κ2) is 9.37. The van der Waals surface area contributed by atoms with Gasteiger partial charge in [-0.2, -0.15) is 21.6 Å². The number of nitrogens with zero attached hydrogens (tertiary/aromatic N) is 1. The van der Waals surface area contributed by atoms with Gasteiger partial charge in [-0.05, 0) is 35.1 Å². The highest BCUT2D eigenvalue weighted by molar-refractivity contribution is 7.88. The van der Waals surface area contributed by atoms with Crippen molar-refractivity contribution in [3.63, 3.8) is 0 Å². The number of amides is 1. The molecule has 0 bridgehead atoms. The van der Waals surface area contributed by atoms with Gasteiger partial charge in [0.15, 0.2) is 0 Å². The van der Waals surface area contributed by atoms with Gasteiger partial charge in [0.1, 0.15) is 5.75 Å². The normalized spacial score (nSPS) is 12.2. The van der Waals surface area contributed by atoms with Gasteiger partial charge in [-0.25, -0.2) is 4.79 Å². The van der Waals surface area contributed by atoms with Crippen molar-refractivity contribution in [2.75, 3.05) is 0 Å². The average molecular weight is 498 g/mol. The third-order valence-electron chi connectivity index (χ3n) is 4.86. The molecule has 0 fully saturated rings. The number of hydrogen-bond donors (Lipinski definition) is 2. The lowest BCUT2D eigenvalue weighted by Gasteiger charge is -2.22. The van der Waals surface area contributed by atoms with Crippen molar-refractivity contribution < 1.29 is 35.7 Å². The maximum atomic E-state index is 13.4. The van der Waals surface area contributed by atoms with E-state index in [-0.39, 0.29) is 24.4 Å². The van der Waals surface area contributed by atoms with Gasteiger partial charge in [0.2, 0.25) is 0 Å². The lowest BCUT2D eigenvalue weighted by molar-refractivity contribution is -0.0500. The van der Waals surface area contributed by atoms with Crippen LogP contribution in [-0.2, 0) is 23.2 Å². The van der Waals surface area contributed by atoms with Crippen LogP contribution >= 0.6 is 0 Å². The Balaban J connectivity index is 2.36. The van der Waals surface area contributed by atoms with E-state index in [0.29, 0.717) is 22.2 Å². The van der Waals surface area contributed by atoms with Crippen LogP contribution in [0, 0.1) is 5.92 Å². The van der Waals surface area contributed by atoms with Crippen molar-refractivity contribution in [2.45, 2.75) is 32.4 Å². The SMILES string of the molecule is CC(C)Cn1c(CNC(=O)O)c(-c2ccccc2)c2ccc(OS(=O)(=O)C(F)(F)F)cc2c1=O. The van der Waals surface area contributed by atoms with Crippen molar-refractivity contribution in [2.24, 2.45) is 5.92 Å². The first-order valence-corrected chi connectivity index (χ1v) is 11.4. The lowest BCUT2D eigenvalue weighted by atomic mass is 9.96. The average Bonchev–Trinajstić information content (AvgIpc) is 2.74. The van der Waals surface area contributed by atoms with Gasteiger partial charge in [0.25, 0.3) is 5.56 Å². The topological polar surface area (TPSA) is 115 Å². The number of carboxylic acid groups (broad SMARTS) is 1. The highest BCUT2D eigenvalue weighted by Crippen LogP contribution is 2.34. The first-order chi connectivity index (χ1) is 15.8. The lowest BCUT2D eigenvalue weighted by Crippen LogP contribution is -2.31. The van der Waals surface area contributed by atoms with Gasteiger partial charge in [-0.15, -0.1) is 0 Å². The Hall–Kier alpha value is -3.54. The van der Waals surface area contributed by atoms with E-state index in [1.54, 1.807) is 30.3 Å². The third kappa shape index (κ3) is 5.16. The van der Waals surface area contributed by atoms with Crippen molar-refractivity contribution in [1.82, 2.24) is 9.88 Å². The molecule has 0 spiro atoms. The summed E-state index contributed by atoms with van der Waals surface area (Å²) >= 11 is 0. The standard InChI is InChI=1S/C22H21F3N2O6S/c1-13(2)12-27-18(11-26-21(29)30)19(14-6-4-3-5-7-14)16-9-8-15(10-17(16)20(27)28)33-34(31,32)22(23,24)25/h3-10,13,26H,11-12H2,1-2H3,(H,29,30). The smallest absolute Gasteiger partial charge is 0.465 e. The molecule has 1 amide bonds. The van der Waals surface area contributed by atoms with Crippen LogP contribution in [0.1, 0.15) is 19.5 Å². The van der Waals surface area contributed by atoms with Crippen molar-refractivity contribution in [3.05, 3.63) is 64.6 Å². The van der Waals surface area contributed by atoms with E-state index in [4.69, 9.17) is 5.11 Å². The van der Waals surface area contributed by atoms with Crippen LogP contribution in [0.5, 0.6) is 5.75 Å². The zero-order valence-corrected chi connectivity index (χ0v) is 18.9. The van der Waals surface area contributed by atoms with Crippen LogP contribution in [0.25, 0.3) is 21.9 Å². The molecule has 0 atom stereocenters. The fraction of sp³-hybridized carbons (Fsp3) is 0.273. The van der Waals surface area contributed by atoms with Crippen molar-refractivity contribution in [3.8, 4) is 16.9 Å². The molecule has 0 aliphatic heterocycles. The molecule has 182 valence electrons. The van der Waals surface area contributed by atoms with E-state index in [2.05, 4.69) is 9.50 Å². The molecular formula is C22H21F3N2O6S. The van der Waals surface area contributed by atoms with E-state index >= 15 is 0 Å². The maximum Gasteiger partial charge on any atom is 0.534 e. The van der Waals surface area contributed by atoms with E-state index < -0.39 is 33.0 Å². The Bertz CT molecular complexity index is 1380. The van der Waals surface area contributed by atoms with Gasteiger partial charge in [0.05, 0.1) is 11.9 Å². The molecule has 0 aliphatic rings. The fourth-order valence-electron chi connectivity index (χ4n) is 3.53. The summed E-state index contributed by atoms with van der Waals surface area (Å²) in [6.45, 7) is 3.64. The minimum Gasteiger partial charge on any atom is -0.465 e. The summed E-state index contributed by atoms with van der Waals surface area (Å²) < 4.78 is 66.8. The molecule has 2 N–H and O–H groups in total. The van der Waals surface area contributed by atoms with Crippen LogP contribution in [0.15, 0.2) is 53.3 Å². The Morgan fingerprint density at radius 2 is 1.76 bits per heavy atom. The molecule has 0 aliphatic carbocycles. The van der Waals surface area contributed by atoms with E-state index in [1.807, 2.05) is 13.8 Å². The van der Waals surface area contributed by atoms with Gasteiger partial charge < -0.3 is 19.2 Å². The Kier molecular flexibility index (Phi) is 6.92. The number of nitrogens with one attached hydrogen (secondary N) is 1. The summed E-state index contributed by atoms with van der Waals surface area (Å²) in [5.74, 6) is -0.721. The number of carbonyl (C=O) groups is 1. The molecule has 0 radical (unpaired) electrons. The molecule has 1 heterocycles. The zero-order chi connectivity index (χ0) is 25.3. The van der Waals surface area contributed by atoms with E-state index in [1.165, 1.54) is 10.6 Å². The number of alkyl halides is 3. The number of aromatic nitrogens is 1. The third-order valence-corrected chi connectivity index (χ3v) is 5.84. The second-order valence-electron chi connectivity index (χ2n) is 7.85. The predicted molar refractivity (Wildman–Crippen MR) is 119 cm³/mol. The Morgan fingerprint density at radius 3 is 2.32 bits per heavy atom. The summed E-state index contributed by atoms with van der Waals surface area (Å²) in [6, 6.07) is 12.0. The quantitative estimate of drug-likeness (QED) is 0.370. The van der Waals surface area contributed by atoms with Gasteiger partial charge >= 0.3 is 21.7 Å². The summed E-state index contributed by atoms with van der Waals surface area (Å²) in [5, 5.41) is 11.6. The molecule has 34 heavy (non-hydrogen) atoms. The fourth-order valence-corrected chi connectivity index (χ4v) is 3.98. The first-order valence-electron chi connectivity index (χ1n) is 10.0. The molecule has 0 saturated heterocycles. The molecule has 2 aromatic carbocycles. The molecule has 12 heteroatoms. The summed E-state index contributed by atoms with van der Waals surface area (Å²) in [5.41, 5.74) is -4.79.